The van der Waals surface area contributed by atoms with Gasteiger partial charge >= 0.3 is 0 Å². The molecule has 2 heterocycles. The van der Waals surface area contributed by atoms with Gasteiger partial charge in [0.1, 0.15) is 0 Å². The molecule has 0 saturated carbocycles. The second-order valence-electron chi connectivity index (χ2n) is 7.67. The molecule has 8 heteroatoms. The Hall–Kier alpha value is -2.12. The molecule has 4 rings (SSSR count). The minimum atomic E-state index is -0.331. The molecule has 2 aromatic carbocycles. The van der Waals surface area contributed by atoms with Crippen LogP contribution in [-0.4, -0.2) is 21.1 Å². The van der Waals surface area contributed by atoms with E-state index in [9.17, 15) is 4.79 Å². The van der Waals surface area contributed by atoms with Gasteiger partial charge in [-0.25, -0.2) is 9.97 Å². The largest absolute Gasteiger partial charge is 0.301 e. The van der Waals surface area contributed by atoms with E-state index in [0.717, 1.165) is 38.3 Å². The molecule has 2 aromatic heterocycles. The highest BCUT2D eigenvalue weighted by Crippen LogP contribution is 2.32. The summed E-state index contributed by atoms with van der Waals surface area (Å²) in [4.78, 5) is 22.1. The fraction of sp³-hybridized carbons (Fsp3) is 0.208. The number of aryl methyl sites for hydroxylation is 3. The molecular formula is C24H21Cl2N3OS2. The number of hydrogen-bond acceptors (Lipinski definition) is 5. The number of anilines is 1. The first-order valence-corrected chi connectivity index (χ1v) is 12.5. The average Bonchev–Trinajstić information content (AvgIpc) is 3.19. The summed E-state index contributed by atoms with van der Waals surface area (Å²) in [5.74, 6) is -0.120. The van der Waals surface area contributed by atoms with E-state index >= 15 is 0 Å². The van der Waals surface area contributed by atoms with E-state index in [-0.39, 0.29) is 11.2 Å². The van der Waals surface area contributed by atoms with Crippen molar-refractivity contribution in [1.29, 1.82) is 0 Å². The van der Waals surface area contributed by atoms with Crippen molar-refractivity contribution in [1.82, 2.24) is 9.97 Å². The predicted octanol–water partition coefficient (Wildman–Crippen LogP) is 7.71. The molecule has 1 atom stereocenters. The average molecular weight is 502 g/mol. The van der Waals surface area contributed by atoms with Gasteiger partial charge in [0.15, 0.2) is 5.13 Å². The van der Waals surface area contributed by atoms with Crippen LogP contribution in [0.5, 0.6) is 0 Å². The van der Waals surface area contributed by atoms with Crippen LogP contribution in [-0.2, 0) is 4.79 Å². The van der Waals surface area contributed by atoms with Gasteiger partial charge in [0.25, 0.3) is 0 Å². The molecule has 164 valence electrons. The third-order valence-corrected chi connectivity index (χ3v) is 7.56. The van der Waals surface area contributed by atoms with Crippen molar-refractivity contribution >= 4 is 68.2 Å². The SMILES string of the molecule is Cc1cc(C)c2nc(SC(C)C(=O)Nc3nc(-c4ccc(Cl)c(Cl)c4)cs3)cc(C)c2c1. The van der Waals surface area contributed by atoms with E-state index in [1.807, 2.05) is 24.4 Å². The standard InChI is InChI=1S/C24H21Cl2N3OS2/c1-12-7-14(3)22-17(8-12)13(2)9-21(28-22)32-15(4)23(30)29-24-27-20(11-31-24)16-5-6-18(25)19(26)10-16/h5-11,15H,1-4H3,(H,27,29,30). The van der Waals surface area contributed by atoms with Crippen LogP contribution < -0.4 is 5.32 Å². The van der Waals surface area contributed by atoms with Crippen molar-refractivity contribution in [2.24, 2.45) is 0 Å². The van der Waals surface area contributed by atoms with Gasteiger partial charge in [0, 0.05) is 16.3 Å². The lowest BCUT2D eigenvalue weighted by atomic mass is 10.0. The topological polar surface area (TPSA) is 54.9 Å². The highest BCUT2D eigenvalue weighted by molar-refractivity contribution is 8.00. The zero-order valence-electron chi connectivity index (χ0n) is 18.0. The molecule has 0 fully saturated rings. The number of rotatable bonds is 5. The lowest BCUT2D eigenvalue weighted by Crippen LogP contribution is -2.22. The first-order chi connectivity index (χ1) is 15.2. The molecule has 0 radical (unpaired) electrons. The Morgan fingerprint density at radius 1 is 1.03 bits per heavy atom. The van der Waals surface area contributed by atoms with E-state index in [1.165, 1.54) is 28.7 Å². The number of carbonyl (C=O) groups is 1. The number of nitrogens with zero attached hydrogens (tertiary/aromatic N) is 2. The van der Waals surface area contributed by atoms with Gasteiger partial charge in [-0.15, -0.1) is 11.3 Å². The van der Waals surface area contributed by atoms with Gasteiger partial charge in [-0.3, -0.25) is 4.79 Å². The monoisotopic (exact) mass is 501 g/mol. The highest BCUT2D eigenvalue weighted by atomic mass is 35.5. The van der Waals surface area contributed by atoms with Crippen molar-refractivity contribution in [3.8, 4) is 11.3 Å². The maximum absolute atomic E-state index is 12.8. The van der Waals surface area contributed by atoms with Gasteiger partial charge in [-0.2, -0.15) is 0 Å². The smallest absolute Gasteiger partial charge is 0.239 e. The van der Waals surface area contributed by atoms with E-state index in [2.05, 4.69) is 43.2 Å². The summed E-state index contributed by atoms with van der Waals surface area (Å²) in [5, 5.41) is 7.95. The van der Waals surface area contributed by atoms with Crippen molar-refractivity contribution < 1.29 is 4.79 Å². The number of thioether (sulfide) groups is 1. The Bertz CT molecular complexity index is 1340. The minimum absolute atomic E-state index is 0.120. The van der Waals surface area contributed by atoms with Crippen LogP contribution >= 0.6 is 46.3 Å². The molecule has 0 aliphatic rings. The number of hydrogen-bond donors (Lipinski definition) is 1. The molecule has 0 bridgehead atoms. The zero-order valence-corrected chi connectivity index (χ0v) is 21.1. The van der Waals surface area contributed by atoms with Crippen molar-refractivity contribution in [3.63, 3.8) is 0 Å². The van der Waals surface area contributed by atoms with Crippen LogP contribution in [0.3, 0.4) is 0 Å². The molecule has 1 amide bonds. The Balaban J connectivity index is 1.48. The summed E-state index contributed by atoms with van der Waals surface area (Å²) in [6.45, 7) is 8.11. The number of thiazole rings is 1. The van der Waals surface area contributed by atoms with Crippen LogP contribution in [0.1, 0.15) is 23.6 Å². The molecule has 32 heavy (non-hydrogen) atoms. The molecule has 0 aliphatic carbocycles. The first-order valence-electron chi connectivity index (χ1n) is 9.98. The van der Waals surface area contributed by atoms with E-state index in [4.69, 9.17) is 28.2 Å². The maximum atomic E-state index is 12.8. The second-order valence-corrected chi connectivity index (χ2v) is 10.7. The number of nitrogens with one attached hydrogen (secondary N) is 1. The van der Waals surface area contributed by atoms with Gasteiger partial charge in [0.2, 0.25) is 5.91 Å². The van der Waals surface area contributed by atoms with Crippen LogP contribution in [0.25, 0.3) is 22.2 Å². The summed E-state index contributed by atoms with van der Waals surface area (Å²) in [6, 6.07) is 11.7. The quantitative estimate of drug-likeness (QED) is 0.284. The predicted molar refractivity (Wildman–Crippen MR) is 137 cm³/mol. The van der Waals surface area contributed by atoms with Gasteiger partial charge in [-0.05, 0) is 63.1 Å². The van der Waals surface area contributed by atoms with E-state index in [1.54, 1.807) is 12.1 Å². The number of carbonyl (C=O) groups excluding carboxylic acids is 1. The van der Waals surface area contributed by atoms with Crippen LogP contribution in [0.4, 0.5) is 5.13 Å². The molecule has 4 aromatic rings. The number of fused-ring (bicyclic) bond motifs is 1. The number of benzene rings is 2. The highest BCUT2D eigenvalue weighted by Gasteiger charge is 2.18. The number of aromatic nitrogens is 2. The van der Waals surface area contributed by atoms with E-state index in [0.29, 0.717) is 15.2 Å². The van der Waals surface area contributed by atoms with E-state index < -0.39 is 0 Å². The number of amides is 1. The Morgan fingerprint density at radius 2 is 1.81 bits per heavy atom. The molecule has 0 spiro atoms. The first kappa shape index (κ1) is 23.1. The molecule has 1 N–H and O–H groups in total. The Labute approximate surface area is 205 Å². The van der Waals surface area contributed by atoms with Crippen LogP contribution in [0.15, 0.2) is 46.8 Å². The van der Waals surface area contributed by atoms with Gasteiger partial charge < -0.3 is 5.32 Å². The summed E-state index contributed by atoms with van der Waals surface area (Å²) < 4.78 is 0. The van der Waals surface area contributed by atoms with Crippen LogP contribution in [0, 0.1) is 20.8 Å². The minimum Gasteiger partial charge on any atom is -0.301 e. The fourth-order valence-corrected chi connectivity index (χ4v) is 5.37. The van der Waals surface area contributed by atoms with Crippen molar-refractivity contribution in [3.05, 3.63) is 68.5 Å². The van der Waals surface area contributed by atoms with Crippen molar-refractivity contribution in [2.45, 2.75) is 38.0 Å². The lowest BCUT2D eigenvalue weighted by Gasteiger charge is -2.13. The number of pyridine rings is 1. The summed E-state index contributed by atoms with van der Waals surface area (Å²) in [6.07, 6.45) is 0. The lowest BCUT2D eigenvalue weighted by molar-refractivity contribution is -0.115. The second kappa shape index (κ2) is 9.40. The molecule has 4 nitrogen and oxygen atoms in total. The normalized spacial score (nSPS) is 12.2. The Morgan fingerprint density at radius 3 is 2.56 bits per heavy atom. The van der Waals surface area contributed by atoms with Crippen LogP contribution in [0.2, 0.25) is 10.0 Å². The number of halogens is 2. The molecule has 1 unspecified atom stereocenters. The third-order valence-electron chi connectivity index (χ3n) is 5.05. The molecule has 0 aliphatic heterocycles. The third kappa shape index (κ3) is 4.94. The molecular weight excluding hydrogens is 481 g/mol. The summed E-state index contributed by atoms with van der Waals surface area (Å²) in [7, 11) is 0. The maximum Gasteiger partial charge on any atom is 0.239 e. The zero-order chi connectivity index (χ0) is 23.0. The fourth-order valence-electron chi connectivity index (χ4n) is 3.44. The van der Waals surface area contributed by atoms with Crippen molar-refractivity contribution in [2.75, 3.05) is 5.32 Å². The summed E-state index contributed by atoms with van der Waals surface area (Å²) in [5.41, 5.74) is 6.08. The van der Waals surface area contributed by atoms with Gasteiger partial charge in [-0.1, -0.05) is 52.7 Å². The summed E-state index contributed by atoms with van der Waals surface area (Å²) >= 11 is 14.9. The Kier molecular flexibility index (Phi) is 6.77. The molecule has 0 saturated heterocycles. The van der Waals surface area contributed by atoms with Gasteiger partial charge in [0.05, 0.1) is 31.5 Å².